The number of aryl methyl sites for hydroxylation is 8. The Kier molecular flexibility index (Phi) is 39.3. The van der Waals surface area contributed by atoms with Gasteiger partial charge in [-0.1, -0.05) is 157 Å². The summed E-state index contributed by atoms with van der Waals surface area (Å²) in [6, 6.07) is 37.0. The van der Waals surface area contributed by atoms with Gasteiger partial charge in [-0.2, -0.15) is 0 Å². The van der Waals surface area contributed by atoms with Crippen molar-refractivity contribution in [1.29, 1.82) is 0 Å². The van der Waals surface area contributed by atoms with Crippen LogP contribution in [0.25, 0.3) is 0 Å². The van der Waals surface area contributed by atoms with Crippen LogP contribution in [0.15, 0.2) is 127 Å². The van der Waals surface area contributed by atoms with Crippen LogP contribution in [0.1, 0.15) is 295 Å². The van der Waals surface area contributed by atoms with Crippen LogP contribution in [0, 0.1) is 149 Å². The molecule has 8 aromatic carbocycles. The lowest BCUT2D eigenvalue weighted by atomic mass is 9.79. The molecule has 8 aromatic rings. The first kappa shape index (κ1) is 99.4. The van der Waals surface area contributed by atoms with E-state index in [4.69, 9.17) is 37.9 Å². The monoisotopic (exact) mass is 1720 g/mol. The number of benzene rings is 8. The Balaban J connectivity index is 0.000000159. The molecule has 0 spiro atoms. The van der Waals surface area contributed by atoms with Crippen LogP contribution in [0.2, 0.25) is 0 Å². The third-order valence-corrected chi connectivity index (χ3v) is 25.4. The lowest BCUT2D eigenvalue weighted by Crippen LogP contribution is -2.28. The number of ether oxygens (including phenoxy) is 8. The first-order valence-corrected chi connectivity index (χ1v) is 44.7. The molecule has 123 heavy (non-hydrogen) atoms. The Morgan fingerprint density at radius 2 is 0.512 bits per heavy atom. The zero-order valence-electron chi connectivity index (χ0n) is 75.3. The summed E-state index contributed by atoms with van der Waals surface area (Å²) >= 11 is 0. The van der Waals surface area contributed by atoms with Crippen molar-refractivity contribution in [3.63, 3.8) is 0 Å². The SMILES string of the molecule is Cc1ccc(C2CCC(C)CC2)c(F)c1F.Cc1ccc(C2CCC(C)CC2)cc1F.Cc1ccc(C2CCC(C)CO2)c(F)c1F.Cc1ccc(C2CCC(C)CO2)cc1F.Cc1ccc(C2CCC(C)OC2)c(F)c1F.Cc1ccc(C2CCC(C)OC2)cc1F.Cc1ccc(C2COC(C)OC2)cc1F.Cc1ccc(C2OCC(C)CO2)cc1F. The van der Waals surface area contributed by atoms with E-state index in [0.717, 1.165) is 123 Å². The van der Waals surface area contributed by atoms with Gasteiger partial charge in [0.2, 0.25) is 0 Å². The molecule has 16 rings (SSSR count). The minimum absolute atomic E-state index is 0.00806. The number of hydrogen-bond donors (Lipinski definition) is 0. The Bertz CT molecular complexity index is 3990. The highest BCUT2D eigenvalue weighted by Crippen LogP contribution is 2.41. The van der Waals surface area contributed by atoms with E-state index in [2.05, 4.69) is 47.6 Å². The highest BCUT2D eigenvalue weighted by Gasteiger charge is 2.31. The molecule has 6 saturated heterocycles. The Hall–Kier alpha value is -7.33. The fourth-order valence-electron chi connectivity index (χ4n) is 16.3. The van der Waals surface area contributed by atoms with Gasteiger partial charge in [0.25, 0.3) is 0 Å². The zero-order valence-corrected chi connectivity index (χ0v) is 75.3. The number of halogens is 11. The van der Waals surface area contributed by atoms with Crippen molar-refractivity contribution in [1.82, 2.24) is 0 Å². The van der Waals surface area contributed by atoms with Gasteiger partial charge in [0, 0.05) is 48.0 Å². The van der Waals surface area contributed by atoms with E-state index < -0.39 is 41.2 Å². The van der Waals surface area contributed by atoms with Crippen molar-refractivity contribution in [2.45, 2.75) is 280 Å². The molecule has 0 amide bonds. The van der Waals surface area contributed by atoms with Gasteiger partial charge in [0.1, 0.15) is 29.1 Å². The Labute approximate surface area is 725 Å². The van der Waals surface area contributed by atoms with E-state index in [1.165, 1.54) is 43.7 Å². The molecule has 2 aliphatic carbocycles. The van der Waals surface area contributed by atoms with Crippen LogP contribution in [-0.4, -0.2) is 71.4 Å². The summed E-state index contributed by atoms with van der Waals surface area (Å²) in [5, 5.41) is 0. The summed E-state index contributed by atoms with van der Waals surface area (Å²) in [5.74, 6) is -0.416. The summed E-state index contributed by atoms with van der Waals surface area (Å²) in [6.07, 6.45) is 17.0. The first-order valence-electron chi connectivity index (χ1n) is 44.7. The van der Waals surface area contributed by atoms with Crippen LogP contribution in [-0.2, 0) is 37.9 Å². The van der Waals surface area contributed by atoms with Gasteiger partial charge in [-0.3, -0.25) is 0 Å². The van der Waals surface area contributed by atoms with Crippen molar-refractivity contribution in [2.24, 2.45) is 29.6 Å². The molecule has 0 N–H and O–H groups in total. The maximum Gasteiger partial charge on any atom is 0.183 e. The largest absolute Gasteiger partial charge is 0.378 e. The van der Waals surface area contributed by atoms with Crippen molar-refractivity contribution in [3.8, 4) is 0 Å². The van der Waals surface area contributed by atoms with Gasteiger partial charge < -0.3 is 37.9 Å². The van der Waals surface area contributed by atoms with E-state index >= 15 is 0 Å². The smallest absolute Gasteiger partial charge is 0.183 e. The van der Waals surface area contributed by atoms with Crippen LogP contribution in [0.5, 0.6) is 0 Å². The quantitative estimate of drug-likeness (QED) is 0.139. The second-order valence-corrected chi connectivity index (χ2v) is 36.1. The summed E-state index contributed by atoms with van der Waals surface area (Å²) in [5.41, 5.74) is 10.9. The van der Waals surface area contributed by atoms with Gasteiger partial charge in [-0.25, -0.2) is 48.3 Å². The average Bonchev–Trinajstić information content (AvgIpc) is 0.816. The standard InChI is InChI=1S/C14H18F2.C14H19F.2C13H16F2O.2C13H17FO.2C12H15FO2/c1-9-3-6-11(7-4-9)12-8-5-10(2)13(15)14(12)16;1-10-3-6-12(7-4-10)13-8-5-11(2)14(15)9-13;1-8-3-6-11(13(15)12(8)14)10-5-4-9(2)16-7-10;1-8-3-6-11(16-7-8)10-5-4-9(2)12(14)13(10)15;1-9-3-6-13(15-8-9)11-5-4-10(2)12(14)7-11;1-9-3-5-11(7-13(9)14)12-6-4-10(2)15-8-12;1-8-6-14-12(15-7-8)10-4-3-9(2)11(13)5-10;1-8-3-4-10(5-12(8)13)11-6-14-9(2)15-7-11/h5,8-9,11H,3-4,6-7H2,1-2H3;5,8-10,12H,3-4,6-7H2,1-2H3;3,6,9-10H,4-5,7H2,1-2H3;4-5,8,11H,3,6-7H2,1-2H3;4-5,7,9,13H,3,6,8H2,1-2H3;3,5,7,10,12H,4,6,8H2,1-2H3;3-5,8,12H,6-7H2,1-2H3;3-5,9,11H,6-7H2,1-2H3. The van der Waals surface area contributed by atoms with Crippen molar-refractivity contribution >= 4 is 0 Å². The summed E-state index contributed by atoms with van der Waals surface area (Å²) in [4.78, 5) is 0. The van der Waals surface area contributed by atoms with Gasteiger partial charge in [-0.15, -0.1) is 0 Å². The average molecular weight is 1720 g/mol. The highest BCUT2D eigenvalue weighted by atomic mass is 19.2. The molecule has 8 atom stereocenters. The van der Waals surface area contributed by atoms with Crippen LogP contribution >= 0.6 is 0 Å². The van der Waals surface area contributed by atoms with Crippen molar-refractivity contribution in [3.05, 3.63) is 280 Å². The fourth-order valence-corrected chi connectivity index (χ4v) is 16.3. The van der Waals surface area contributed by atoms with Crippen LogP contribution in [0.3, 0.4) is 0 Å². The molecule has 6 heterocycles. The molecule has 8 aliphatic rings. The Morgan fingerprint density at radius 3 is 0.911 bits per heavy atom. The molecule has 19 heteroatoms. The van der Waals surface area contributed by atoms with E-state index in [1.54, 1.807) is 121 Å². The second-order valence-electron chi connectivity index (χ2n) is 36.1. The van der Waals surface area contributed by atoms with Crippen molar-refractivity contribution < 1.29 is 86.2 Å². The van der Waals surface area contributed by atoms with E-state index in [0.29, 0.717) is 131 Å². The van der Waals surface area contributed by atoms with Crippen LogP contribution < -0.4 is 0 Å². The minimum Gasteiger partial charge on any atom is -0.378 e. The molecule has 8 nitrogen and oxygen atoms in total. The summed E-state index contributed by atoms with van der Waals surface area (Å²) in [7, 11) is 0. The molecule has 2 saturated carbocycles. The Morgan fingerprint density at radius 1 is 0.211 bits per heavy atom. The molecule has 6 aliphatic heterocycles. The third kappa shape index (κ3) is 29.9. The molecule has 8 fully saturated rings. The molecule has 0 bridgehead atoms. The summed E-state index contributed by atoms with van der Waals surface area (Å²) in [6.45, 7) is 35.6. The maximum atomic E-state index is 13.8. The fraction of sp³-hybridized carbons (Fsp3) is 0.538. The maximum absolute atomic E-state index is 13.8. The number of rotatable bonds is 8. The molecular formula is C104H133F11O8. The number of hydrogen-bond acceptors (Lipinski definition) is 8. The summed E-state index contributed by atoms with van der Waals surface area (Å²) < 4.78 is 192. The molecule has 8 unspecified atom stereocenters. The van der Waals surface area contributed by atoms with Gasteiger partial charge in [0.15, 0.2) is 47.5 Å². The minimum atomic E-state index is -0.750. The molecule has 0 aromatic heterocycles. The topological polar surface area (TPSA) is 73.8 Å². The highest BCUT2D eigenvalue weighted by molar-refractivity contribution is 5.34. The molecule has 0 radical (unpaired) electrons. The predicted octanol–water partition coefficient (Wildman–Crippen LogP) is 28.8. The van der Waals surface area contributed by atoms with Gasteiger partial charge in [0.05, 0.1) is 64.1 Å². The normalized spacial score (nSPS) is 26.3. The lowest BCUT2D eigenvalue weighted by molar-refractivity contribution is -0.202. The molecule has 674 valence electrons. The van der Waals surface area contributed by atoms with Gasteiger partial charge in [-0.05, 0) is 297 Å². The predicted molar refractivity (Wildman–Crippen MR) is 467 cm³/mol. The van der Waals surface area contributed by atoms with E-state index in [9.17, 15) is 48.3 Å². The van der Waals surface area contributed by atoms with E-state index in [1.807, 2.05) is 63.2 Å². The zero-order chi connectivity index (χ0) is 89.3. The lowest BCUT2D eigenvalue weighted by Gasteiger charge is -2.27. The third-order valence-electron chi connectivity index (χ3n) is 25.4. The molecular weight excluding hydrogens is 1590 g/mol. The van der Waals surface area contributed by atoms with E-state index in [-0.39, 0.29) is 71.4 Å². The van der Waals surface area contributed by atoms with Crippen LogP contribution in [0.4, 0.5) is 48.3 Å². The van der Waals surface area contributed by atoms with Gasteiger partial charge >= 0.3 is 0 Å². The second kappa shape index (κ2) is 48.6. The first-order chi connectivity index (χ1) is 58.6. The van der Waals surface area contributed by atoms with Crippen molar-refractivity contribution in [2.75, 3.05) is 52.9 Å².